The minimum Gasteiger partial charge on any atom is -0.372 e. The number of rotatable bonds is 6. The third-order valence-electron chi connectivity index (χ3n) is 4.52. The van der Waals surface area contributed by atoms with Gasteiger partial charge in [0.15, 0.2) is 0 Å². The molecule has 0 aliphatic carbocycles. The zero-order valence-corrected chi connectivity index (χ0v) is 21.0. The van der Waals surface area contributed by atoms with Crippen molar-refractivity contribution in [1.82, 2.24) is 10.3 Å². The smallest absolute Gasteiger partial charge is 0.275 e. The number of amides is 1. The van der Waals surface area contributed by atoms with E-state index >= 15 is 0 Å². The SMILES string of the molecule is CC.CC/C(F)=C\C=C(/C)c1nc(C(=O)Nc2ccc(N3CCCC3)cc2)cs1.CNC. The quantitative estimate of drug-likeness (QED) is 0.482. The van der Waals surface area contributed by atoms with Gasteiger partial charge in [-0.1, -0.05) is 26.8 Å². The van der Waals surface area contributed by atoms with Crippen LogP contribution in [0, 0.1) is 0 Å². The van der Waals surface area contributed by atoms with E-state index in [2.05, 4.69) is 20.5 Å². The van der Waals surface area contributed by atoms with Crippen molar-refractivity contribution in [1.29, 1.82) is 0 Å². The van der Waals surface area contributed by atoms with Crippen molar-refractivity contribution in [2.75, 3.05) is 37.4 Å². The van der Waals surface area contributed by atoms with Crippen molar-refractivity contribution in [3.05, 3.63) is 58.3 Å². The summed E-state index contributed by atoms with van der Waals surface area (Å²) in [7, 11) is 3.75. The topological polar surface area (TPSA) is 57.3 Å². The van der Waals surface area contributed by atoms with E-state index < -0.39 is 0 Å². The van der Waals surface area contributed by atoms with E-state index in [0.29, 0.717) is 17.1 Å². The molecule has 1 aromatic carbocycles. The zero-order valence-electron chi connectivity index (χ0n) is 20.2. The van der Waals surface area contributed by atoms with Crippen LogP contribution in [0.3, 0.4) is 0 Å². The highest BCUT2D eigenvalue weighted by molar-refractivity contribution is 7.11. The Bertz CT molecular complexity index is 868. The van der Waals surface area contributed by atoms with Crippen LogP contribution in [-0.4, -0.2) is 38.1 Å². The molecule has 2 N–H and O–H groups in total. The fourth-order valence-corrected chi connectivity index (χ4v) is 3.68. The first-order valence-corrected chi connectivity index (χ1v) is 12.1. The largest absolute Gasteiger partial charge is 0.372 e. The standard InChI is InChI=1S/C21H24FN3OS.C2H7N.C2H6/c1-3-16(22)7-6-15(2)21-24-19(14-27-21)20(26)23-17-8-10-18(11-9-17)25-12-4-5-13-25;1-3-2;1-2/h6-11,14H,3-5,12-13H2,1-2H3,(H,23,26);3H,1-2H3;1-2H3/b15-6+,16-7+;;. The monoisotopic (exact) mass is 460 g/mol. The van der Waals surface area contributed by atoms with Crippen molar-refractivity contribution in [2.24, 2.45) is 0 Å². The van der Waals surface area contributed by atoms with Gasteiger partial charge in [-0.05, 0) is 76.2 Å². The first-order chi connectivity index (χ1) is 15.5. The van der Waals surface area contributed by atoms with E-state index in [4.69, 9.17) is 0 Å². The van der Waals surface area contributed by atoms with Gasteiger partial charge in [0.05, 0.1) is 5.83 Å². The van der Waals surface area contributed by atoms with E-state index in [1.54, 1.807) is 18.4 Å². The van der Waals surface area contributed by atoms with Crippen LogP contribution in [0.15, 0.2) is 47.6 Å². The predicted octanol–water partition coefficient (Wildman–Crippen LogP) is 6.52. The highest BCUT2D eigenvalue weighted by Crippen LogP contribution is 2.23. The molecular formula is C25H37FN4OS. The summed E-state index contributed by atoms with van der Waals surface area (Å²) in [6.07, 6.45) is 5.97. The van der Waals surface area contributed by atoms with Crippen molar-refractivity contribution >= 4 is 34.2 Å². The molecule has 1 amide bonds. The van der Waals surface area contributed by atoms with Gasteiger partial charge in [0.25, 0.3) is 5.91 Å². The lowest BCUT2D eigenvalue weighted by Gasteiger charge is -2.17. The molecule has 0 saturated carbocycles. The van der Waals surface area contributed by atoms with Gasteiger partial charge < -0.3 is 15.5 Å². The van der Waals surface area contributed by atoms with Crippen LogP contribution in [-0.2, 0) is 0 Å². The second-order valence-corrected chi connectivity index (χ2v) is 7.91. The molecule has 32 heavy (non-hydrogen) atoms. The van der Waals surface area contributed by atoms with Crippen LogP contribution in [0.4, 0.5) is 15.8 Å². The average Bonchev–Trinajstić information content (AvgIpc) is 3.52. The molecule has 7 heteroatoms. The Morgan fingerprint density at radius 1 is 1.16 bits per heavy atom. The van der Waals surface area contributed by atoms with Gasteiger partial charge in [-0.3, -0.25) is 4.79 Å². The molecule has 176 valence electrons. The van der Waals surface area contributed by atoms with Crippen molar-refractivity contribution < 1.29 is 9.18 Å². The number of halogens is 1. The number of benzene rings is 1. The fourth-order valence-electron chi connectivity index (χ4n) is 2.89. The van der Waals surface area contributed by atoms with Gasteiger partial charge in [-0.15, -0.1) is 11.3 Å². The number of nitrogens with one attached hydrogen (secondary N) is 2. The molecular weight excluding hydrogens is 423 g/mol. The predicted molar refractivity (Wildman–Crippen MR) is 137 cm³/mol. The highest BCUT2D eigenvalue weighted by atomic mass is 32.1. The molecule has 0 atom stereocenters. The third-order valence-corrected chi connectivity index (χ3v) is 5.50. The van der Waals surface area contributed by atoms with E-state index in [1.165, 1.54) is 35.9 Å². The average molecular weight is 461 g/mol. The van der Waals surface area contributed by atoms with Crippen LogP contribution >= 0.6 is 11.3 Å². The lowest BCUT2D eigenvalue weighted by Crippen LogP contribution is -2.17. The van der Waals surface area contributed by atoms with Gasteiger partial charge in [-0.25, -0.2) is 9.37 Å². The molecule has 0 bridgehead atoms. The van der Waals surface area contributed by atoms with Gasteiger partial charge in [0.2, 0.25) is 0 Å². The van der Waals surface area contributed by atoms with E-state index in [1.807, 2.05) is 59.1 Å². The third kappa shape index (κ3) is 8.93. The Labute approximate surface area is 196 Å². The van der Waals surface area contributed by atoms with Crippen LogP contribution in [0.1, 0.15) is 62.5 Å². The Balaban J connectivity index is 0.000000944. The second-order valence-electron chi connectivity index (χ2n) is 7.05. The molecule has 1 aliphatic rings. The van der Waals surface area contributed by atoms with E-state index in [-0.39, 0.29) is 11.7 Å². The molecule has 0 spiro atoms. The molecule has 1 aromatic heterocycles. The van der Waals surface area contributed by atoms with Crippen LogP contribution in [0.2, 0.25) is 0 Å². The maximum absolute atomic E-state index is 13.2. The summed E-state index contributed by atoms with van der Waals surface area (Å²) >= 11 is 1.38. The number of thiazole rings is 1. The number of hydrogen-bond acceptors (Lipinski definition) is 5. The summed E-state index contributed by atoms with van der Waals surface area (Å²) in [4.78, 5) is 19.2. The number of hydrogen-bond donors (Lipinski definition) is 2. The minimum absolute atomic E-state index is 0.179. The summed E-state index contributed by atoms with van der Waals surface area (Å²) in [6, 6.07) is 7.91. The van der Waals surface area contributed by atoms with Gasteiger partial charge in [0, 0.05) is 29.8 Å². The van der Waals surface area contributed by atoms with Crippen LogP contribution < -0.4 is 15.5 Å². The lowest BCUT2D eigenvalue weighted by molar-refractivity contribution is 0.102. The lowest BCUT2D eigenvalue weighted by atomic mass is 10.2. The number of carbonyl (C=O) groups excluding carboxylic acids is 1. The first kappa shape index (κ1) is 27.5. The summed E-state index contributed by atoms with van der Waals surface area (Å²) in [5, 5.41) is 8.07. The summed E-state index contributed by atoms with van der Waals surface area (Å²) in [6.45, 7) is 9.81. The van der Waals surface area contributed by atoms with E-state index in [0.717, 1.165) is 24.4 Å². The molecule has 5 nitrogen and oxygen atoms in total. The van der Waals surface area contributed by atoms with Crippen molar-refractivity contribution in [3.8, 4) is 0 Å². The number of anilines is 2. The number of allylic oxidation sites excluding steroid dienone is 4. The summed E-state index contributed by atoms with van der Waals surface area (Å²) < 4.78 is 13.2. The van der Waals surface area contributed by atoms with Gasteiger partial charge in [-0.2, -0.15) is 0 Å². The number of carbonyl (C=O) groups is 1. The normalized spacial score (nSPS) is 13.7. The maximum atomic E-state index is 13.2. The molecule has 0 unspecified atom stereocenters. The fraction of sp³-hybridized carbons (Fsp3) is 0.440. The highest BCUT2D eigenvalue weighted by Gasteiger charge is 2.14. The molecule has 1 fully saturated rings. The maximum Gasteiger partial charge on any atom is 0.275 e. The summed E-state index contributed by atoms with van der Waals surface area (Å²) in [5.41, 5.74) is 3.14. The first-order valence-electron chi connectivity index (χ1n) is 11.2. The number of aromatic nitrogens is 1. The Hall–Kier alpha value is -2.51. The Morgan fingerprint density at radius 2 is 1.75 bits per heavy atom. The van der Waals surface area contributed by atoms with Crippen LogP contribution in [0.5, 0.6) is 0 Å². The van der Waals surface area contributed by atoms with Gasteiger partial charge in [0.1, 0.15) is 10.7 Å². The molecule has 1 aliphatic heterocycles. The Morgan fingerprint density at radius 3 is 2.31 bits per heavy atom. The van der Waals surface area contributed by atoms with Gasteiger partial charge >= 0.3 is 0 Å². The van der Waals surface area contributed by atoms with Crippen molar-refractivity contribution in [3.63, 3.8) is 0 Å². The molecule has 3 rings (SSSR count). The number of nitrogens with zero attached hydrogens (tertiary/aromatic N) is 2. The van der Waals surface area contributed by atoms with Crippen molar-refractivity contribution in [2.45, 2.75) is 47.0 Å². The van der Waals surface area contributed by atoms with Crippen LogP contribution in [0.25, 0.3) is 5.57 Å². The van der Waals surface area contributed by atoms with E-state index in [9.17, 15) is 9.18 Å². The molecule has 2 heterocycles. The Kier molecular flexibility index (Phi) is 13.2. The second kappa shape index (κ2) is 15.3. The molecule has 1 saturated heterocycles. The molecule has 0 radical (unpaired) electrons. The minimum atomic E-state index is -0.241. The molecule has 2 aromatic rings. The summed E-state index contributed by atoms with van der Waals surface area (Å²) in [5.74, 6) is -0.421. The zero-order chi connectivity index (χ0) is 23.9.